The molecule has 1 aromatic rings. The average molecular weight is 382 g/mol. The van der Waals surface area contributed by atoms with Crippen molar-refractivity contribution in [2.24, 2.45) is 5.92 Å². The lowest BCUT2D eigenvalue weighted by atomic mass is 9.85. The highest BCUT2D eigenvalue weighted by molar-refractivity contribution is 5.82. The van der Waals surface area contributed by atoms with E-state index in [1.807, 2.05) is 0 Å². The van der Waals surface area contributed by atoms with Crippen molar-refractivity contribution in [2.75, 3.05) is 13.7 Å². The van der Waals surface area contributed by atoms with Gasteiger partial charge < -0.3 is 19.7 Å². The molecule has 0 bridgehead atoms. The molecule has 1 amide bonds. The number of rotatable bonds is 7. The summed E-state index contributed by atoms with van der Waals surface area (Å²) in [7, 11) is 1.77. The van der Waals surface area contributed by atoms with Crippen molar-refractivity contribution in [3.8, 4) is 11.5 Å². The number of ether oxygens (including phenoxy) is 2. The van der Waals surface area contributed by atoms with Crippen molar-refractivity contribution in [1.29, 1.82) is 0 Å². The minimum absolute atomic E-state index is 0.00566. The van der Waals surface area contributed by atoms with Gasteiger partial charge in [0.15, 0.2) is 11.5 Å². The number of carbonyl (C=O) groups is 1. The van der Waals surface area contributed by atoms with Crippen molar-refractivity contribution in [3.05, 3.63) is 23.8 Å². The van der Waals surface area contributed by atoms with Crippen LogP contribution in [0.5, 0.6) is 11.5 Å². The first-order valence-electron chi connectivity index (χ1n) is 9.69. The number of carbonyl (C=O) groups excluding carboxylic acids is 1. The summed E-state index contributed by atoms with van der Waals surface area (Å²) in [6.45, 7) is -0.399. The molecule has 3 unspecified atom stereocenters. The van der Waals surface area contributed by atoms with E-state index in [1.54, 1.807) is 31.0 Å². The molecular formula is C20H28F2N2O3. The number of amides is 1. The summed E-state index contributed by atoms with van der Waals surface area (Å²) in [6.07, 6.45) is 5.75. The smallest absolute Gasteiger partial charge is 0.387 e. The number of alkyl halides is 2. The van der Waals surface area contributed by atoms with E-state index in [1.165, 1.54) is 25.3 Å². The Morgan fingerprint density at radius 2 is 2.07 bits per heavy atom. The third-order valence-corrected chi connectivity index (χ3v) is 5.48. The van der Waals surface area contributed by atoms with Gasteiger partial charge in [0.2, 0.25) is 5.91 Å². The van der Waals surface area contributed by atoms with Crippen LogP contribution in [0, 0.1) is 5.92 Å². The molecule has 1 saturated heterocycles. The molecule has 3 rings (SSSR count). The van der Waals surface area contributed by atoms with Crippen LogP contribution in [-0.2, 0) is 11.3 Å². The van der Waals surface area contributed by atoms with E-state index in [0.29, 0.717) is 25.1 Å². The van der Waals surface area contributed by atoms with Crippen LogP contribution >= 0.6 is 0 Å². The van der Waals surface area contributed by atoms with Gasteiger partial charge in [-0.1, -0.05) is 18.9 Å². The molecule has 2 aliphatic rings. The zero-order valence-corrected chi connectivity index (χ0v) is 15.9. The van der Waals surface area contributed by atoms with Crippen molar-refractivity contribution >= 4 is 5.91 Å². The molecule has 3 atom stereocenters. The SMILES string of the molecule is CCOc1cc(CN(C)C(=O)C2CC3CCCCC3N2)ccc1OC(F)F. The van der Waals surface area contributed by atoms with Gasteiger partial charge in [-0.25, -0.2) is 0 Å². The topological polar surface area (TPSA) is 50.8 Å². The fourth-order valence-electron chi connectivity index (χ4n) is 4.24. The number of likely N-dealkylation sites (N-methyl/N-ethyl adjacent to an activating group) is 1. The van der Waals surface area contributed by atoms with Crippen molar-refractivity contribution < 1.29 is 23.0 Å². The summed E-state index contributed by atoms with van der Waals surface area (Å²) in [5.74, 6) is 0.957. The van der Waals surface area contributed by atoms with Gasteiger partial charge in [-0.05, 0) is 49.8 Å². The van der Waals surface area contributed by atoms with E-state index in [4.69, 9.17) is 4.74 Å². The van der Waals surface area contributed by atoms with Crippen LogP contribution < -0.4 is 14.8 Å². The Hall–Kier alpha value is -1.89. The van der Waals surface area contributed by atoms with E-state index >= 15 is 0 Å². The van der Waals surface area contributed by atoms with Crippen LogP contribution in [-0.4, -0.2) is 43.2 Å². The highest BCUT2D eigenvalue weighted by Crippen LogP contribution is 2.34. The standard InChI is InChI=1S/C20H28F2N2O3/c1-3-26-18-10-13(8-9-17(18)27-20(21)22)12-24(2)19(25)16-11-14-6-4-5-7-15(14)23-16/h8-10,14-16,20,23H,3-7,11-12H2,1-2H3. The molecule has 1 aromatic carbocycles. The predicted octanol–water partition coefficient (Wildman–Crippen LogP) is 3.57. The average Bonchev–Trinajstić information content (AvgIpc) is 3.07. The summed E-state index contributed by atoms with van der Waals surface area (Å²) in [5, 5.41) is 3.50. The summed E-state index contributed by atoms with van der Waals surface area (Å²) in [5.41, 5.74) is 0.811. The lowest BCUT2D eigenvalue weighted by Crippen LogP contribution is -2.43. The van der Waals surface area contributed by atoms with Crippen LogP contribution in [0.15, 0.2) is 18.2 Å². The molecule has 1 saturated carbocycles. The first-order valence-corrected chi connectivity index (χ1v) is 9.69. The molecule has 0 aromatic heterocycles. The maximum Gasteiger partial charge on any atom is 0.387 e. The van der Waals surface area contributed by atoms with Gasteiger partial charge in [-0.15, -0.1) is 0 Å². The van der Waals surface area contributed by atoms with Gasteiger partial charge in [0.25, 0.3) is 0 Å². The minimum atomic E-state index is -2.91. The third-order valence-electron chi connectivity index (χ3n) is 5.48. The second-order valence-electron chi connectivity index (χ2n) is 7.39. The minimum Gasteiger partial charge on any atom is -0.490 e. The van der Waals surface area contributed by atoms with Crippen molar-refractivity contribution in [1.82, 2.24) is 10.2 Å². The molecule has 5 nitrogen and oxygen atoms in total. The highest BCUT2D eigenvalue weighted by Gasteiger charge is 2.39. The molecule has 0 radical (unpaired) electrons. The molecule has 2 fully saturated rings. The van der Waals surface area contributed by atoms with Crippen LogP contribution in [0.4, 0.5) is 8.78 Å². The van der Waals surface area contributed by atoms with E-state index in [9.17, 15) is 13.6 Å². The molecule has 1 heterocycles. The fraction of sp³-hybridized carbons (Fsp3) is 0.650. The number of benzene rings is 1. The van der Waals surface area contributed by atoms with Crippen molar-refractivity contribution in [3.63, 3.8) is 0 Å². The molecule has 27 heavy (non-hydrogen) atoms. The Kier molecular flexibility index (Phi) is 6.52. The molecule has 1 aliphatic carbocycles. The zero-order valence-electron chi connectivity index (χ0n) is 15.9. The fourth-order valence-corrected chi connectivity index (χ4v) is 4.24. The number of halogens is 2. The van der Waals surface area contributed by atoms with E-state index < -0.39 is 6.61 Å². The Morgan fingerprint density at radius 1 is 1.30 bits per heavy atom. The molecule has 1 N–H and O–H groups in total. The van der Waals surface area contributed by atoms with Gasteiger partial charge in [0, 0.05) is 19.6 Å². The lowest BCUT2D eigenvalue weighted by Gasteiger charge is -2.24. The molecule has 0 spiro atoms. The van der Waals surface area contributed by atoms with E-state index in [2.05, 4.69) is 10.1 Å². The van der Waals surface area contributed by atoms with Crippen LogP contribution in [0.1, 0.15) is 44.6 Å². The second kappa shape index (κ2) is 8.87. The third kappa shape index (κ3) is 4.89. The van der Waals surface area contributed by atoms with Gasteiger partial charge in [-0.2, -0.15) is 8.78 Å². The van der Waals surface area contributed by atoms with Gasteiger partial charge in [0.05, 0.1) is 12.6 Å². The second-order valence-corrected chi connectivity index (χ2v) is 7.39. The quantitative estimate of drug-likeness (QED) is 0.783. The lowest BCUT2D eigenvalue weighted by molar-refractivity contribution is -0.132. The predicted molar refractivity (Wildman–Crippen MR) is 98.0 cm³/mol. The Labute approximate surface area is 159 Å². The Bertz CT molecular complexity index is 642. The largest absolute Gasteiger partial charge is 0.490 e. The number of hydrogen-bond donors (Lipinski definition) is 1. The van der Waals surface area contributed by atoms with Gasteiger partial charge in [-0.3, -0.25) is 4.79 Å². The van der Waals surface area contributed by atoms with Crippen LogP contribution in [0.3, 0.4) is 0 Å². The molecule has 150 valence electrons. The van der Waals surface area contributed by atoms with Crippen molar-refractivity contribution in [2.45, 2.75) is 64.3 Å². The first kappa shape index (κ1) is 19.9. The normalized spacial score (nSPS) is 24.6. The maximum atomic E-state index is 12.8. The molecule has 7 heteroatoms. The number of nitrogens with one attached hydrogen (secondary N) is 1. The van der Waals surface area contributed by atoms with Gasteiger partial charge in [0.1, 0.15) is 0 Å². The zero-order chi connectivity index (χ0) is 19.4. The van der Waals surface area contributed by atoms with Crippen LogP contribution in [0.2, 0.25) is 0 Å². The summed E-state index contributed by atoms with van der Waals surface area (Å²) < 4.78 is 34.9. The Morgan fingerprint density at radius 3 is 2.78 bits per heavy atom. The number of fused-ring (bicyclic) bond motifs is 1. The van der Waals surface area contributed by atoms with Gasteiger partial charge >= 0.3 is 6.61 Å². The maximum absolute atomic E-state index is 12.8. The summed E-state index contributed by atoms with van der Waals surface area (Å²) >= 11 is 0. The first-order chi connectivity index (χ1) is 13.0. The highest BCUT2D eigenvalue weighted by atomic mass is 19.3. The Balaban J connectivity index is 1.63. The number of hydrogen-bond acceptors (Lipinski definition) is 4. The monoisotopic (exact) mass is 382 g/mol. The van der Waals surface area contributed by atoms with Crippen LogP contribution in [0.25, 0.3) is 0 Å². The van der Waals surface area contributed by atoms with E-state index in [-0.39, 0.29) is 23.4 Å². The molecular weight excluding hydrogens is 354 g/mol. The number of nitrogens with zero attached hydrogens (tertiary/aromatic N) is 1. The molecule has 1 aliphatic heterocycles. The van der Waals surface area contributed by atoms with E-state index in [0.717, 1.165) is 18.4 Å². The summed E-state index contributed by atoms with van der Waals surface area (Å²) in [6, 6.07) is 5.15. The summed E-state index contributed by atoms with van der Waals surface area (Å²) in [4.78, 5) is 14.5.